The van der Waals surface area contributed by atoms with Gasteiger partial charge in [0.05, 0.1) is 5.70 Å². The molecular weight excluding hydrogens is 174 g/mol. The lowest BCUT2D eigenvalue weighted by Crippen LogP contribution is -1.95. The van der Waals surface area contributed by atoms with Crippen LogP contribution in [0.5, 0.6) is 0 Å². The summed E-state index contributed by atoms with van der Waals surface area (Å²) in [4.78, 5) is 8.20. The molecule has 1 rings (SSSR count). The van der Waals surface area contributed by atoms with E-state index >= 15 is 0 Å². The van der Waals surface area contributed by atoms with Gasteiger partial charge in [0.25, 0.3) is 0 Å². The van der Waals surface area contributed by atoms with Gasteiger partial charge >= 0.3 is 0 Å². The standard InChI is InChI=1S/C11H13N3/c1-3-11(14-7-9(2)12)10-5-4-6-13-8-10/h3-8H,2,12H2,1H3/b11-3-,14-7-. The van der Waals surface area contributed by atoms with Crippen LogP contribution >= 0.6 is 0 Å². The second-order valence-corrected chi connectivity index (χ2v) is 2.75. The van der Waals surface area contributed by atoms with Gasteiger partial charge in [-0.25, -0.2) is 0 Å². The first-order valence-corrected chi connectivity index (χ1v) is 4.29. The second-order valence-electron chi connectivity index (χ2n) is 2.75. The molecule has 1 aromatic heterocycles. The molecule has 0 saturated heterocycles. The van der Waals surface area contributed by atoms with Gasteiger partial charge in [0.1, 0.15) is 0 Å². The largest absolute Gasteiger partial charge is 0.398 e. The third-order valence-electron chi connectivity index (χ3n) is 1.60. The summed E-state index contributed by atoms with van der Waals surface area (Å²) < 4.78 is 0. The van der Waals surface area contributed by atoms with Crippen molar-refractivity contribution in [3.63, 3.8) is 0 Å². The maximum atomic E-state index is 5.39. The molecule has 0 radical (unpaired) electrons. The van der Waals surface area contributed by atoms with Gasteiger partial charge in [-0.05, 0) is 19.1 Å². The van der Waals surface area contributed by atoms with E-state index in [1.807, 2.05) is 25.1 Å². The molecule has 0 atom stereocenters. The first-order valence-electron chi connectivity index (χ1n) is 4.29. The molecule has 14 heavy (non-hydrogen) atoms. The minimum atomic E-state index is 0.438. The summed E-state index contributed by atoms with van der Waals surface area (Å²) in [6.45, 7) is 5.46. The number of nitrogens with zero attached hydrogens (tertiary/aromatic N) is 2. The average Bonchev–Trinajstić information content (AvgIpc) is 2.20. The van der Waals surface area contributed by atoms with Crippen molar-refractivity contribution in [1.29, 1.82) is 0 Å². The van der Waals surface area contributed by atoms with Gasteiger partial charge in [-0.3, -0.25) is 9.98 Å². The van der Waals surface area contributed by atoms with Crippen molar-refractivity contribution >= 4 is 11.9 Å². The monoisotopic (exact) mass is 187 g/mol. The molecule has 0 aliphatic rings. The highest BCUT2D eigenvalue weighted by atomic mass is 14.8. The lowest BCUT2D eigenvalue weighted by molar-refractivity contribution is 1.30. The average molecular weight is 187 g/mol. The van der Waals surface area contributed by atoms with Gasteiger partial charge in [0.15, 0.2) is 0 Å². The van der Waals surface area contributed by atoms with Crippen molar-refractivity contribution < 1.29 is 0 Å². The molecule has 0 aliphatic heterocycles. The Morgan fingerprint density at radius 2 is 2.43 bits per heavy atom. The van der Waals surface area contributed by atoms with Crippen LogP contribution in [0.4, 0.5) is 0 Å². The molecule has 0 aliphatic carbocycles. The van der Waals surface area contributed by atoms with E-state index in [1.54, 1.807) is 12.4 Å². The van der Waals surface area contributed by atoms with E-state index in [4.69, 9.17) is 5.73 Å². The molecule has 1 heterocycles. The summed E-state index contributed by atoms with van der Waals surface area (Å²) >= 11 is 0. The molecule has 0 amide bonds. The fourth-order valence-electron chi connectivity index (χ4n) is 0.982. The number of hydrogen-bond donors (Lipinski definition) is 1. The van der Waals surface area contributed by atoms with E-state index in [0.717, 1.165) is 11.3 Å². The lowest BCUT2D eigenvalue weighted by Gasteiger charge is -1.99. The van der Waals surface area contributed by atoms with Crippen LogP contribution in [0.25, 0.3) is 5.70 Å². The van der Waals surface area contributed by atoms with Crippen LogP contribution in [-0.4, -0.2) is 11.2 Å². The van der Waals surface area contributed by atoms with E-state index in [1.165, 1.54) is 6.21 Å². The topological polar surface area (TPSA) is 51.3 Å². The number of aromatic nitrogens is 1. The van der Waals surface area contributed by atoms with Gasteiger partial charge in [-0.2, -0.15) is 0 Å². The number of allylic oxidation sites excluding steroid dienone is 2. The van der Waals surface area contributed by atoms with Gasteiger partial charge < -0.3 is 5.73 Å². The highest BCUT2D eigenvalue weighted by Crippen LogP contribution is 2.13. The molecule has 0 saturated carbocycles. The third-order valence-corrected chi connectivity index (χ3v) is 1.60. The maximum Gasteiger partial charge on any atom is 0.0675 e. The third kappa shape index (κ3) is 2.86. The smallest absolute Gasteiger partial charge is 0.0675 e. The molecule has 1 aromatic rings. The Balaban J connectivity index is 2.90. The minimum Gasteiger partial charge on any atom is -0.398 e. The second kappa shape index (κ2) is 4.97. The highest BCUT2D eigenvalue weighted by molar-refractivity contribution is 5.82. The molecule has 0 spiro atoms. The molecule has 0 fully saturated rings. The van der Waals surface area contributed by atoms with Crippen molar-refractivity contribution in [1.82, 2.24) is 4.98 Å². The number of rotatable bonds is 3. The van der Waals surface area contributed by atoms with Crippen LogP contribution in [0.1, 0.15) is 12.5 Å². The van der Waals surface area contributed by atoms with Gasteiger partial charge in [0.2, 0.25) is 0 Å². The summed E-state index contributed by atoms with van der Waals surface area (Å²) in [5, 5.41) is 0. The quantitative estimate of drug-likeness (QED) is 0.735. The normalized spacial score (nSPS) is 11.9. The van der Waals surface area contributed by atoms with Crippen LogP contribution in [0.15, 0.2) is 47.9 Å². The number of aliphatic imine (C=N–C) groups is 1. The predicted molar refractivity (Wildman–Crippen MR) is 59.7 cm³/mol. The zero-order chi connectivity index (χ0) is 10.4. The van der Waals surface area contributed by atoms with Gasteiger partial charge in [-0.1, -0.05) is 12.7 Å². The fourth-order valence-corrected chi connectivity index (χ4v) is 0.982. The highest BCUT2D eigenvalue weighted by Gasteiger charge is 1.95. The molecule has 0 aromatic carbocycles. The maximum absolute atomic E-state index is 5.39. The van der Waals surface area contributed by atoms with Crippen LogP contribution in [-0.2, 0) is 0 Å². The van der Waals surface area contributed by atoms with Crippen LogP contribution < -0.4 is 5.73 Å². The van der Waals surface area contributed by atoms with Crippen molar-refractivity contribution in [2.75, 3.05) is 0 Å². The van der Waals surface area contributed by atoms with E-state index in [-0.39, 0.29) is 0 Å². The predicted octanol–water partition coefficient (Wildman–Crippen LogP) is 1.99. The first kappa shape index (κ1) is 10.2. The summed E-state index contributed by atoms with van der Waals surface area (Å²) in [7, 11) is 0. The van der Waals surface area contributed by atoms with Crippen molar-refractivity contribution in [3.8, 4) is 0 Å². The summed E-state index contributed by atoms with van der Waals surface area (Å²) in [6.07, 6.45) is 6.91. The molecule has 3 nitrogen and oxygen atoms in total. The zero-order valence-electron chi connectivity index (χ0n) is 8.14. The van der Waals surface area contributed by atoms with Crippen LogP contribution in [0.2, 0.25) is 0 Å². The van der Waals surface area contributed by atoms with Crippen LogP contribution in [0.3, 0.4) is 0 Å². The summed E-state index contributed by atoms with van der Waals surface area (Å²) in [5.74, 6) is 0. The lowest BCUT2D eigenvalue weighted by atomic mass is 10.2. The first-order chi connectivity index (χ1) is 6.74. The Labute approximate surface area is 83.7 Å². The Bertz CT molecular complexity index is 363. The minimum absolute atomic E-state index is 0.438. The zero-order valence-corrected chi connectivity index (χ0v) is 8.14. The summed E-state index contributed by atoms with van der Waals surface area (Å²) in [6, 6.07) is 3.81. The Hall–Kier alpha value is -1.90. The van der Waals surface area contributed by atoms with Crippen molar-refractivity contribution in [2.24, 2.45) is 10.7 Å². The van der Waals surface area contributed by atoms with E-state index in [2.05, 4.69) is 16.6 Å². The Morgan fingerprint density at radius 3 is 2.93 bits per heavy atom. The van der Waals surface area contributed by atoms with E-state index in [0.29, 0.717) is 5.70 Å². The number of hydrogen-bond acceptors (Lipinski definition) is 3. The molecule has 0 bridgehead atoms. The van der Waals surface area contributed by atoms with Gasteiger partial charge in [0, 0.05) is 29.9 Å². The Morgan fingerprint density at radius 1 is 1.64 bits per heavy atom. The molecule has 0 unspecified atom stereocenters. The molecular formula is C11H13N3. The number of nitrogens with two attached hydrogens (primary N) is 1. The fraction of sp³-hybridized carbons (Fsp3) is 0.0909. The van der Waals surface area contributed by atoms with E-state index in [9.17, 15) is 0 Å². The SMILES string of the molecule is C=C(N)/C=N\C(=C/C)c1cccnc1. The van der Waals surface area contributed by atoms with Crippen LogP contribution in [0, 0.1) is 0 Å². The van der Waals surface area contributed by atoms with Crippen molar-refractivity contribution in [2.45, 2.75) is 6.92 Å². The Kier molecular flexibility index (Phi) is 3.61. The molecule has 3 heteroatoms. The molecule has 72 valence electrons. The summed E-state index contributed by atoms with van der Waals surface area (Å²) in [5.41, 5.74) is 7.63. The van der Waals surface area contributed by atoms with Crippen molar-refractivity contribution in [3.05, 3.63) is 48.4 Å². The number of pyridine rings is 1. The molecule has 2 N–H and O–H groups in total. The van der Waals surface area contributed by atoms with Gasteiger partial charge in [-0.15, -0.1) is 0 Å². The van der Waals surface area contributed by atoms with E-state index < -0.39 is 0 Å².